The van der Waals surface area contributed by atoms with Gasteiger partial charge in [-0.3, -0.25) is 9.59 Å². The summed E-state index contributed by atoms with van der Waals surface area (Å²) in [7, 11) is 0. The van der Waals surface area contributed by atoms with Crippen molar-refractivity contribution < 1.29 is 14.3 Å². The number of nitrogens with one attached hydrogen (secondary N) is 1. The van der Waals surface area contributed by atoms with Gasteiger partial charge >= 0.3 is 0 Å². The topological polar surface area (TPSA) is 58.6 Å². The average Bonchev–Trinajstić information content (AvgIpc) is 2.53. The molecule has 1 heterocycles. The summed E-state index contributed by atoms with van der Waals surface area (Å²) in [6.45, 7) is 3.15. The van der Waals surface area contributed by atoms with Gasteiger partial charge in [0.15, 0.2) is 5.78 Å². The van der Waals surface area contributed by atoms with Gasteiger partial charge in [-0.2, -0.15) is 0 Å². The van der Waals surface area contributed by atoms with Crippen LogP contribution in [0.5, 0.6) is 0 Å². The molecule has 0 aliphatic carbocycles. The molecule has 1 amide bonds. The summed E-state index contributed by atoms with van der Waals surface area (Å²) in [5.74, 6) is -0.606. The van der Waals surface area contributed by atoms with E-state index in [-0.39, 0.29) is 24.1 Å². The van der Waals surface area contributed by atoms with E-state index < -0.39 is 0 Å². The molecule has 0 unspecified atom stereocenters. The molecule has 108 valence electrons. The number of amides is 1. The van der Waals surface area contributed by atoms with E-state index >= 15 is 0 Å². The molecule has 1 aromatic rings. The molecule has 1 saturated heterocycles. The number of carbonyl (C=O) groups is 2. The number of morpholine rings is 1. The monoisotopic (exact) mass is 296 g/mol. The molecule has 2 rings (SSSR count). The van der Waals surface area contributed by atoms with Gasteiger partial charge in [-0.1, -0.05) is 0 Å². The summed E-state index contributed by atoms with van der Waals surface area (Å²) < 4.78 is 5.30. The van der Waals surface area contributed by atoms with Crippen molar-refractivity contribution in [3.63, 3.8) is 0 Å². The Hall–Kier alpha value is -1.59. The zero-order chi connectivity index (χ0) is 14.4. The van der Waals surface area contributed by atoms with Crippen LogP contribution in [0.3, 0.4) is 0 Å². The number of Topliss-reactive ketones (excluding diaryl/α,β-unsaturated/α-hetero) is 1. The Morgan fingerprint density at radius 1 is 1.20 bits per heavy atom. The second-order valence-corrected chi connectivity index (χ2v) is 4.75. The van der Waals surface area contributed by atoms with E-state index in [2.05, 4.69) is 10.2 Å². The van der Waals surface area contributed by atoms with Crippen LogP contribution in [0.2, 0.25) is 0 Å². The molecule has 1 N–H and O–H groups in total. The lowest BCUT2D eigenvalue weighted by atomic mass is 10.1. The third-order valence-electron chi connectivity index (χ3n) is 3.13. The van der Waals surface area contributed by atoms with E-state index in [1.807, 2.05) is 12.1 Å². The van der Waals surface area contributed by atoms with Gasteiger partial charge in [0.2, 0.25) is 5.91 Å². The number of ketones is 1. The molecule has 1 aliphatic heterocycles. The molecule has 20 heavy (non-hydrogen) atoms. The van der Waals surface area contributed by atoms with Crippen molar-refractivity contribution in [3.8, 4) is 0 Å². The van der Waals surface area contributed by atoms with Crippen molar-refractivity contribution >= 4 is 29.0 Å². The average molecular weight is 297 g/mol. The van der Waals surface area contributed by atoms with Crippen molar-refractivity contribution in [2.45, 2.75) is 0 Å². The molecular weight excluding hydrogens is 280 g/mol. The van der Waals surface area contributed by atoms with Crippen LogP contribution in [0, 0.1) is 0 Å². The van der Waals surface area contributed by atoms with E-state index in [4.69, 9.17) is 16.3 Å². The normalized spacial score (nSPS) is 14.9. The van der Waals surface area contributed by atoms with E-state index in [0.29, 0.717) is 5.56 Å². The Morgan fingerprint density at radius 3 is 2.45 bits per heavy atom. The highest BCUT2D eigenvalue weighted by atomic mass is 35.5. The number of alkyl halides is 1. The van der Waals surface area contributed by atoms with Gasteiger partial charge in [0, 0.05) is 24.3 Å². The fourth-order valence-electron chi connectivity index (χ4n) is 2.01. The summed E-state index contributed by atoms with van der Waals surface area (Å²) in [6, 6.07) is 7.39. The highest BCUT2D eigenvalue weighted by Crippen LogP contribution is 2.16. The smallest absolute Gasteiger partial charge is 0.235 e. The fourth-order valence-corrected chi connectivity index (χ4v) is 2.10. The zero-order valence-electron chi connectivity index (χ0n) is 11.1. The number of nitrogens with zero attached hydrogens (tertiary/aromatic N) is 1. The first-order valence-corrected chi connectivity index (χ1v) is 7.03. The first-order valence-electron chi connectivity index (χ1n) is 6.49. The molecule has 1 fully saturated rings. The van der Waals surface area contributed by atoms with E-state index in [1.54, 1.807) is 12.1 Å². The summed E-state index contributed by atoms with van der Waals surface area (Å²) in [4.78, 5) is 25.1. The van der Waals surface area contributed by atoms with E-state index in [9.17, 15) is 9.59 Å². The molecule has 0 spiro atoms. The number of carbonyl (C=O) groups excluding carboxylic acids is 2. The maximum Gasteiger partial charge on any atom is 0.235 e. The number of ether oxygens (including phenoxy) is 1. The third kappa shape index (κ3) is 3.95. The van der Waals surface area contributed by atoms with Gasteiger partial charge in [0.05, 0.1) is 19.8 Å². The first kappa shape index (κ1) is 14.8. The van der Waals surface area contributed by atoms with Gasteiger partial charge in [-0.05, 0) is 24.3 Å². The molecule has 0 saturated carbocycles. The summed E-state index contributed by atoms with van der Waals surface area (Å²) in [5.41, 5.74) is 1.66. The lowest BCUT2D eigenvalue weighted by Gasteiger charge is -2.28. The Balaban J connectivity index is 1.93. The third-order valence-corrected chi connectivity index (χ3v) is 3.38. The minimum absolute atomic E-state index is 0.0253. The summed E-state index contributed by atoms with van der Waals surface area (Å²) in [6.07, 6.45) is 0. The van der Waals surface area contributed by atoms with Crippen molar-refractivity contribution in [3.05, 3.63) is 29.8 Å². The van der Waals surface area contributed by atoms with Crippen LogP contribution in [0.4, 0.5) is 5.69 Å². The largest absolute Gasteiger partial charge is 0.378 e. The second-order valence-electron chi connectivity index (χ2n) is 4.48. The summed E-state index contributed by atoms with van der Waals surface area (Å²) in [5, 5.41) is 2.46. The SMILES string of the molecule is O=C(CCl)NCC(=O)c1ccc(N2CCOCC2)cc1. The number of halogens is 1. The molecule has 6 heteroatoms. The molecule has 0 bridgehead atoms. The van der Waals surface area contributed by atoms with E-state index in [0.717, 1.165) is 32.0 Å². The predicted molar refractivity (Wildman–Crippen MR) is 77.5 cm³/mol. The van der Waals surface area contributed by atoms with Crippen LogP contribution >= 0.6 is 11.6 Å². The molecule has 0 radical (unpaired) electrons. The number of benzene rings is 1. The Bertz CT molecular complexity index is 470. The maximum absolute atomic E-state index is 11.9. The quantitative estimate of drug-likeness (QED) is 0.652. The number of hydrogen-bond donors (Lipinski definition) is 1. The van der Waals surface area contributed by atoms with Crippen molar-refractivity contribution in [2.24, 2.45) is 0 Å². The van der Waals surface area contributed by atoms with Crippen LogP contribution < -0.4 is 10.2 Å². The molecule has 5 nitrogen and oxygen atoms in total. The Morgan fingerprint density at radius 2 is 1.85 bits per heavy atom. The van der Waals surface area contributed by atoms with Crippen molar-refractivity contribution in [2.75, 3.05) is 43.6 Å². The van der Waals surface area contributed by atoms with Gasteiger partial charge in [-0.15, -0.1) is 11.6 Å². The second kappa shape index (κ2) is 7.26. The zero-order valence-corrected chi connectivity index (χ0v) is 11.9. The number of rotatable bonds is 5. The lowest BCUT2D eigenvalue weighted by molar-refractivity contribution is -0.118. The standard InChI is InChI=1S/C14H17ClN2O3/c15-9-14(19)16-10-13(18)11-1-3-12(4-2-11)17-5-7-20-8-6-17/h1-4H,5-10H2,(H,16,19). The van der Waals surface area contributed by atoms with Crippen LogP contribution in [0.25, 0.3) is 0 Å². The number of anilines is 1. The van der Waals surface area contributed by atoms with Gasteiger partial charge in [0.25, 0.3) is 0 Å². The maximum atomic E-state index is 11.9. The van der Waals surface area contributed by atoms with E-state index in [1.165, 1.54) is 0 Å². The number of hydrogen-bond acceptors (Lipinski definition) is 4. The molecule has 0 atom stereocenters. The van der Waals surface area contributed by atoms with Gasteiger partial charge < -0.3 is 15.0 Å². The fraction of sp³-hybridized carbons (Fsp3) is 0.429. The summed E-state index contributed by atoms with van der Waals surface area (Å²) >= 11 is 5.35. The minimum Gasteiger partial charge on any atom is -0.378 e. The lowest BCUT2D eigenvalue weighted by Crippen LogP contribution is -2.36. The van der Waals surface area contributed by atoms with Crippen molar-refractivity contribution in [1.29, 1.82) is 0 Å². The minimum atomic E-state index is -0.343. The van der Waals surface area contributed by atoms with Crippen LogP contribution in [-0.2, 0) is 9.53 Å². The van der Waals surface area contributed by atoms with Crippen LogP contribution in [0.1, 0.15) is 10.4 Å². The molecule has 0 aromatic heterocycles. The molecule has 1 aliphatic rings. The highest BCUT2D eigenvalue weighted by Gasteiger charge is 2.12. The highest BCUT2D eigenvalue weighted by molar-refractivity contribution is 6.27. The van der Waals surface area contributed by atoms with Crippen molar-refractivity contribution in [1.82, 2.24) is 5.32 Å². The van der Waals surface area contributed by atoms with Gasteiger partial charge in [-0.25, -0.2) is 0 Å². The molecule has 1 aromatic carbocycles. The van der Waals surface area contributed by atoms with Gasteiger partial charge in [0.1, 0.15) is 5.88 Å². The Kier molecular flexibility index (Phi) is 5.38. The predicted octanol–water partition coefficient (Wildman–Crippen LogP) is 1.06. The van der Waals surface area contributed by atoms with Crippen LogP contribution in [-0.4, -0.2) is 50.4 Å². The van der Waals surface area contributed by atoms with Crippen LogP contribution in [0.15, 0.2) is 24.3 Å². The first-order chi connectivity index (χ1) is 9.70. The molecular formula is C14H17ClN2O3. The Labute approximate surface area is 122 Å².